The first-order valence-corrected chi connectivity index (χ1v) is 9.68. The number of hydrogen-bond acceptors (Lipinski definition) is 1. The molecule has 5 heteroatoms. The number of aryl methyl sites for hydroxylation is 1. The van der Waals surface area contributed by atoms with Crippen LogP contribution in [-0.2, 0) is 20.0 Å². The maximum atomic E-state index is 4.47. The largest absolute Gasteiger partial charge is 0.356 e. The quantitative estimate of drug-likeness (QED) is 0.630. The molecule has 0 saturated heterocycles. The average Bonchev–Trinajstić information content (AvgIpc) is 2.95. The predicted octanol–water partition coefficient (Wildman–Crippen LogP) is 3.38. The van der Waals surface area contributed by atoms with Gasteiger partial charge < -0.3 is 14.8 Å². The number of nitrogens with zero attached hydrogens (tertiary/aromatic N) is 3. The average molecular weight is 401 g/mol. The fourth-order valence-corrected chi connectivity index (χ4v) is 4.97. The molecule has 1 N–H and O–H groups in total. The summed E-state index contributed by atoms with van der Waals surface area (Å²) < 4.78 is 3.27. The number of aliphatic imine (C=N–C) groups is 1. The van der Waals surface area contributed by atoms with E-state index in [0.29, 0.717) is 0 Å². The molecule has 1 aromatic heterocycles. The minimum atomic E-state index is 0.754. The Balaban J connectivity index is 1.34. The van der Waals surface area contributed by atoms with Crippen molar-refractivity contribution in [3.63, 3.8) is 0 Å². The van der Waals surface area contributed by atoms with Crippen molar-refractivity contribution in [1.29, 1.82) is 0 Å². The van der Waals surface area contributed by atoms with Crippen LogP contribution in [0, 0.1) is 11.8 Å². The van der Waals surface area contributed by atoms with Gasteiger partial charge in [-0.15, -0.1) is 0 Å². The number of benzene rings is 1. The first-order valence-electron chi connectivity index (χ1n) is 8.89. The molecule has 1 aromatic carbocycles. The number of rotatable bonds is 4. The van der Waals surface area contributed by atoms with Gasteiger partial charge in [0, 0.05) is 44.1 Å². The molecule has 0 radical (unpaired) electrons. The summed E-state index contributed by atoms with van der Waals surface area (Å²) in [7, 11) is 6.04. The van der Waals surface area contributed by atoms with E-state index in [-0.39, 0.29) is 0 Å². The van der Waals surface area contributed by atoms with Crippen LogP contribution < -0.4 is 5.32 Å². The first kappa shape index (κ1) is 16.7. The highest BCUT2D eigenvalue weighted by molar-refractivity contribution is 9.10. The van der Waals surface area contributed by atoms with Crippen molar-refractivity contribution in [3.8, 4) is 0 Å². The standard InChI is InChI=1S/C20H25BrN4/c1-22-20(25(3)12-15-9-14(21)11-24(15)2)23-10-18-17-8-13-6-4-5-7-16(13)19(17)18/h4-7,9,11,17-19H,8,10,12H2,1-3H3,(H,22,23). The molecule has 2 aliphatic carbocycles. The second kappa shape index (κ2) is 6.52. The summed E-state index contributed by atoms with van der Waals surface area (Å²) in [5, 5.41) is 3.59. The highest BCUT2D eigenvalue weighted by atomic mass is 79.9. The van der Waals surface area contributed by atoms with E-state index in [1.165, 1.54) is 12.1 Å². The summed E-state index contributed by atoms with van der Waals surface area (Å²) >= 11 is 3.54. The Morgan fingerprint density at radius 2 is 2.20 bits per heavy atom. The van der Waals surface area contributed by atoms with Crippen LogP contribution in [0.1, 0.15) is 22.7 Å². The van der Waals surface area contributed by atoms with Gasteiger partial charge in [0.1, 0.15) is 0 Å². The lowest BCUT2D eigenvalue weighted by atomic mass is 10.0. The van der Waals surface area contributed by atoms with Crippen LogP contribution in [0.4, 0.5) is 0 Å². The summed E-state index contributed by atoms with van der Waals surface area (Å²) in [5.41, 5.74) is 4.40. The molecular weight excluding hydrogens is 376 g/mol. The van der Waals surface area contributed by atoms with Crippen molar-refractivity contribution in [2.45, 2.75) is 18.9 Å². The Hall–Kier alpha value is -1.75. The minimum Gasteiger partial charge on any atom is -0.356 e. The van der Waals surface area contributed by atoms with E-state index in [2.05, 4.69) is 86.3 Å². The molecule has 25 heavy (non-hydrogen) atoms. The minimum absolute atomic E-state index is 0.754. The van der Waals surface area contributed by atoms with E-state index in [0.717, 1.165) is 41.3 Å². The van der Waals surface area contributed by atoms with Crippen LogP contribution >= 0.6 is 15.9 Å². The Kier molecular flexibility index (Phi) is 4.36. The second-order valence-electron chi connectivity index (χ2n) is 7.30. The Morgan fingerprint density at radius 3 is 2.92 bits per heavy atom. The number of nitrogens with one attached hydrogen (secondary N) is 1. The van der Waals surface area contributed by atoms with E-state index in [4.69, 9.17) is 0 Å². The summed E-state index contributed by atoms with van der Waals surface area (Å²) in [4.78, 5) is 6.66. The van der Waals surface area contributed by atoms with Crippen LogP contribution in [0.5, 0.6) is 0 Å². The molecule has 1 heterocycles. The number of halogens is 1. The van der Waals surface area contributed by atoms with Gasteiger partial charge in [-0.2, -0.15) is 0 Å². The maximum absolute atomic E-state index is 4.47. The monoisotopic (exact) mass is 400 g/mol. The lowest BCUT2D eigenvalue weighted by Crippen LogP contribution is -2.40. The Labute approximate surface area is 158 Å². The van der Waals surface area contributed by atoms with Gasteiger partial charge in [0.2, 0.25) is 0 Å². The van der Waals surface area contributed by atoms with Gasteiger partial charge >= 0.3 is 0 Å². The lowest BCUT2D eigenvalue weighted by molar-refractivity contribution is 0.458. The molecule has 0 amide bonds. The van der Waals surface area contributed by atoms with E-state index in [1.54, 1.807) is 11.1 Å². The van der Waals surface area contributed by atoms with E-state index < -0.39 is 0 Å². The fraction of sp³-hybridized carbons (Fsp3) is 0.450. The lowest BCUT2D eigenvalue weighted by Gasteiger charge is -2.22. The zero-order chi connectivity index (χ0) is 17.6. The van der Waals surface area contributed by atoms with E-state index >= 15 is 0 Å². The summed E-state index contributed by atoms with van der Waals surface area (Å²) in [6, 6.07) is 11.1. The van der Waals surface area contributed by atoms with Crippen LogP contribution in [0.15, 0.2) is 46.0 Å². The van der Waals surface area contributed by atoms with Crippen molar-refractivity contribution < 1.29 is 0 Å². The molecule has 2 aromatic rings. The number of aromatic nitrogens is 1. The van der Waals surface area contributed by atoms with Crippen molar-refractivity contribution in [2.24, 2.45) is 23.9 Å². The zero-order valence-electron chi connectivity index (χ0n) is 15.0. The van der Waals surface area contributed by atoms with Crippen molar-refractivity contribution in [2.75, 3.05) is 20.6 Å². The van der Waals surface area contributed by atoms with Gasteiger partial charge in [0.15, 0.2) is 5.96 Å². The molecule has 0 aliphatic heterocycles. The zero-order valence-corrected chi connectivity index (χ0v) is 16.6. The molecule has 3 atom stereocenters. The van der Waals surface area contributed by atoms with Crippen molar-refractivity contribution >= 4 is 21.9 Å². The molecule has 1 fully saturated rings. The molecule has 0 bridgehead atoms. The summed E-state index contributed by atoms with van der Waals surface area (Å²) in [6.07, 6.45) is 3.33. The van der Waals surface area contributed by atoms with Gasteiger partial charge in [0.05, 0.1) is 6.54 Å². The predicted molar refractivity (Wildman–Crippen MR) is 106 cm³/mol. The van der Waals surface area contributed by atoms with Crippen LogP contribution in [-0.4, -0.2) is 36.1 Å². The molecule has 1 saturated carbocycles. The van der Waals surface area contributed by atoms with Gasteiger partial charge in [-0.1, -0.05) is 24.3 Å². The molecular formula is C20H25BrN4. The maximum Gasteiger partial charge on any atom is 0.193 e. The van der Waals surface area contributed by atoms with E-state index in [9.17, 15) is 0 Å². The molecule has 2 aliphatic rings. The summed E-state index contributed by atoms with van der Waals surface area (Å²) in [6.45, 7) is 1.85. The molecule has 4 nitrogen and oxygen atoms in total. The van der Waals surface area contributed by atoms with Gasteiger partial charge in [0.25, 0.3) is 0 Å². The SMILES string of the molecule is CN=C(NCC1C2Cc3ccccc3C12)N(C)Cc1cc(Br)cn1C. The van der Waals surface area contributed by atoms with Gasteiger partial charge in [-0.05, 0) is 57.3 Å². The van der Waals surface area contributed by atoms with Gasteiger partial charge in [-0.3, -0.25) is 4.99 Å². The smallest absolute Gasteiger partial charge is 0.193 e. The third-order valence-corrected chi connectivity index (χ3v) is 6.18. The van der Waals surface area contributed by atoms with E-state index in [1.807, 2.05) is 7.05 Å². The van der Waals surface area contributed by atoms with Gasteiger partial charge in [-0.25, -0.2) is 0 Å². The highest BCUT2D eigenvalue weighted by Gasteiger charge is 2.54. The Morgan fingerprint density at radius 1 is 1.40 bits per heavy atom. The second-order valence-corrected chi connectivity index (χ2v) is 8.22. The topological polar surface area (TPSA) is 32.6 Å². The number of fused-ring (bicyclic) bond motifs is 3. The normalized spacial score (nSPS) is 24.0. The fourth-order valence-electron chi connectivity index (χ4n) is 4.40. The van der Waals surface area contributed by atoms with Crippen molar-refractivity contribution in [3.05, 3.63) is 57.8 Å². The summed E-state index contributed by atoms with van der Waals surface area (Å²) in [5.74, 6) is 3.31. The number of guanidine groups is 1. The van der Waals surface area contributed by atoms with Crippen LogP contribution in [0.25, 0.3) is 0 Å². The van der Waals surface area contributed by atoms with Crippen LogP contribution in [0.3, 0.4) is 0 Å². The van der Waals surface area contributed by atoms with Crippen molar-refractivity contribution in [1.82, 2.24) is 14.8 Å². The number of hydrogen-bond donors (Lipinski definition) is 1. The molecule has 3 unspecified atom stereocenters. The Bertz CT molecular complexity index is 810. The molecule has 4 rings (SSSR count). The third kappa shape index (κ3) is 3.10. The molecule has 132 valence electrons. The molecule has 0 spiro atoms. The first-order chi connectivity index (χ1) is 12.1. The van der Waals surface area contributed by atoms with Crippen LogP contribution in [0.2, 0.25) is 0 Å². The highest BCUT2D eigenvalue weighted by Crippen LogP contribution is 2.60. The third-order valence-electron chi connectivity index (χ3n) is 5.74.